The third kappa shape index (κ3) is 5.61. The Bertz CT molecular complexity index is 643. The van der Waals surface area contributed by atoms with Crippen molar-refractivity contribution >= 4 is 29.7 Å². The number of rotatable bonds is 7. The highest BCUT2D eigenvalue weighted by molar-refractivity contribution is 7.13. The lowest BCUT2D eigenvalue weighted by atomic mass is 10.1. The Morgan fingerprint density at radius 3 is 2.70 bits per heavy atom. The van der Waals surface area contributed by atoms with E-state index in [-0.39, 0.29) is 18.3 Å². The van der Waals surface area contributed by atoms with Crippen molar-refractivity contribution in [2.24, 2.45) is 0 Å². The summed E-state index contributed by atoms with van der Waals surface area (Å²) in [5, 5.41) is 8.86. The lowest BCUT2D eigenvalue weighted by molar-refractivity contribution is 0.0949. The quantitative estimate of drug-likeness (QED) is 0.748. The summed E-state index contributed by atoms with van der Waals surface area (Å²) in [4.78, 5) is 16.5. The Kier molecular flexibility index (Phi) is 8.23. The van der Waals surface area contributed by atoms with Crippen LogP contribution in [0.2, 0.25) is 0 Å². The lowest BCUT2D eigenvalue weighted by Gasteiger charge is -2.05. The molecule has 2 rings (SSSR count). The van der Waals surface area contributed by atoms with Gasteiger partial charge in [-0.05, 0) is 32.4 Å². The van der Waals surface area contributed by atoms with Crippen LogP contribution in [0, 0.1) is 13.8 Å². The molecule has 0 unspecified atom stereocenters. The van der Waals surface area contributed by atoms with Crippen LogP contribution in [0.15, 0.2) is 23.6 Å². The molecule has 0 atom stereocenters. The molecule has 0 aliphatic heterocycles. The predicted octanol–water partition coefficient (Wildman–Crippen LogP) is 3.58. The largest absolute Gasteiger partial charge is 0.349 e. The molecule has 0 aliphatic rings. The average molecular weight is 354 g/mol. The molecule has 0 spiro atoms. The van der Waals surface area contributed by atoms with E-state index in [2.05, 4.69) is 54.6 Å². The molecule has 1 aromatic heterocycles. The van der Waals surface area contributed by atoms with E-state index in [9.17, 15) is 4.79 Å². The van der Waals surface area contributed by atoms with E-state index in [1.165, 1.54) is 22.5 Å². The first kappa shape index (κ1) is 19.6. The molecule has 1 heterocycles. The number of nitrogens with one attached hydrogen (secondary N) is 2. The second-order valence-corrected chi connectivity index (χ2v) is 6.22. The number of halogens is 1. The van der Waals surface area contributed by atoms with E-state index >= 15 is 0 Å². The van der Waals surface area contributed by atoms with Crippen LogP contribution in [0.1, 0.15) is 35.0 Å². The van der Waals surface area contributed by atoms with Gasteiger partial charge in [0, 0.05) is 24.0 Å². The van der Waals surface area contributed by atoms with E-state index in [4.69, 9.17) is 0 Å². The van der Waals surface area contributed by atoms with Crippen LogP contribution in [0.25, 0.3) is 10.6 Å². The van der Waals surface area contributed by atoms with Gasteiger partial charge >= 0.3 is 0 Å². The minimum Gasteiger partial charge on any atom is -0.349 e. The molecule has 0 saturated carbocycles. The van der Waals surface area contributed by atoms with Crippen molar-refractivity contribution in [2.75, 3.05) is 19.6 Å². The van der Waals surface area contributed by atoms with E-state index in [1.807, 2.05) is 5.38 Å². The highest BCUT2D eigenvalue weighted by atomic mass is 35.5. The molecule has 4 nitrogen and oxygen atoms in total. The number of carbonyl (C=O) groups excluding carboxylic acids is 1. The number of hydrogen-bond donors (Lipinski definition) is 2. The molecule has 0 aliphatic carbocycles. The van der Waals surface area contributed by atoms with Crippen LogP contribution in [0.3, 0.4) is 0 Å². The number of thiazole rings is 1. The first-order valence-corrected chi connectivity index (χ1v) is 8.52. The number of benzene rings is 1. The summed E-state index contributed by atoms with van der Waals surface area (Å²) >= 11 is 1.51. The molecule has 6 heteroatoms. The topological polar surface area (TPSA) is 54.0 Å². The zero-order valence-corrected chi connectivity index (χ0v) is 15.4. The van der Waals surface area contributed by atoms with Gasteiger partial charge in [-0.3, -0.25) is 4.79 Å². The fraction of sp³-hybridized carbons (Fsp3) is 0.412. The number of aromatic nitrogens is 1. The number of carbonyl (C=O) groups is 1. The molecule has 0 radical (unpaired) electrons. The molecule has 126 valence electrons. The molecule has 2 N–H and O–H groups in total. The summed E-state index contributed by atoms with van der Waals surface area (Å²) in [5.74, 6) is -0.106. The Morgan fingerprint density at radius 2 is 2.00 bits per heavy atom. The minimum atomic E-state index is -0.106. The third-order valence-electron chi connectivity index (χ3n) is 3.36. The van der Waals surface area contributed by atoms with Crippen LogP contribution in [0.4, 0.5) is 0 Å². The molecule has 1 amide bonds. The van der Waals surface area contributed by atoms with E-state index in [1.54, 1.807) is 0 Å². The minimum absolute atomic E-state index is 0. The van der Waals surface area contributed by atoms with Crippen molar-refractivity contribution in [3.05, 3.63) is 40.4 Å². The number of hydrogen-bond acceptors (Lipinski definition) is 4. The average Bonchev–Trinajstić information content (AvgIpc) is 2.96. The lowest BCUT2D eigenvalue weighted by Crippen LogP contribution is -2.32. The van der Waals surface area contributed by atoms with Crippen molar-refractivity contribution in [3.63, 3.8) is 0 Å². The van der Waals surface area contributed by atoms with Gasteiger partial charge in [0.25, 0.3) is 5.91 Å². The van der Waals surface area contributed by atoms with Crippen LogP contribution < -0.4 is 10.6 Å². The van der Waals surface area contributed by atoms with Crippen molar-refractivity contribution < 1.29 is 4.79 Å². The van der Waals surface area contributed by atoms with E-state index in [0.717, 1.165) is 30.1 Å². The van der Waals surface area contributed by atoms with Gasteiger partial charge in [0.1, 0.15) is 10.7 Å². The third-order valence-corrected chi connectivity index (χ3v) is 4.24. The molecule has 23 heavy (non-hydrogen) atoms. The smallest absolute Gasteiger partial charge is 0.270 e. The number of aryl methyl sites for hydroxylation is 2. The maximum Gasteiger partial charge on any atom is 0.270 e. The molecular weight excluding hydrogens is 330 g/mol. The standard InChI is InChI=1S/C17H23N3OS.ClH/c1-4-7-18-8-9-19-16(21)15-11-22-17(20-15)14-6-5-12(2)10-13(14)3;/h5-6,10-11,18H,4,7-9H2,1-3H3,(H,19,21);1H. The maximum atomic E-state index is 12.1. The highest BCUT2D eigenvalue weighted by Crippen LogP contribution is 2.27. The fourth-order valence-corrected chi connectivity index (χ4v) is 3.10. The fourth-order valence-electron chi connectivity index (χ4n) is 2.21. The normalized spacial score (nSPS) is 10.2. The Balaban J connectivity index is 0.00000264. The van der Waals surface area contributed by atoms with Gasteiger partial charge in [-0.1, -0.05) is 30.7 Å². The number of amides is 1. The summed E-state index contributed by atoms with van der Waals surface area (Å²) < 4.78 is 0. The SMILES string of the molecule is CCCNCCNC(=O)c1csc(-c2ccc(C)cc2C)n1.Cl. The first-order valence-electron chi connectivity index (χ1n) is 7.64. The zero-order valence-electron chi connectivity index (χ0n) is 13.8. The second kappa shape index (κ2) is 9.65. The van der Waals surface area contributed by atoms with Crippen molar-refractivity contribution in [3.8, 4) is 10.6 Å². The molecule has 0 saturated heterocycles. The predicted molar refractivity (Wildman–Crippen MR) is 99.8 cm³/mol. The first-order chi connectivity index (χ1) is 10.6. The maximum absolute atomic E-state index is 12.1. The Morgan fingerprint density at radius 1 is 1.22 bits per heavy atom. The molecule has 1 aromatic carbocycles. The van der Waals surface area contributed by atoms with Gasteiger partial charge < -0.3 is 10.6 Å². The van der Waals surface area contributed by atoms with E-state index in [0.29, 0.717) is 12.2 Å². The van der Waals surface area contributed by atoms with Gasteiger partial charge in [-0.25, -0.2) is 4.98 Å². The van der Waals surface area contributed by atoms with E-state index < -0.39 is 0 Å². The van der Waals surface area contributed by atoms with Crippen molar-refractivity contribution in [1.29, 1.82) is 0 Å². The summed E-state index contributed by atoms with van der Waals surface area (Å²) in [6.07, 6.45) is 1.10. The monoisotopic (exact) mass is 353 g/mol. The Labute approximate surface area is 148 Å². The molecule has 2 aromatic rings. The molecular formula is C17H24ClN3OS. The van der Waals surface area contributed by atoms with Gasteiger partial charge in [-0.15, -0.1) is 23.7 Å². The summed E-state index contributed by atoms with van der Waals surface area (Å²) in [6.45, 7) is 8.65. The zero-order chi connectivity index (χ0) is 15.9. The van der Waals surface area contributed by atoms with Crippen LogP contribution in [-0.4, -0.2) is 30.5 Å². The summed E-state index contributed by atoms with van der Waals surface area (Å²) in [5.41, 5.74) is 4.01. The second-order valence-electron chi connectivity index (χ2n) is 5.36. The molecule has 0 bridgehead atoms. The van der Waals surface area contributed by atoms with Crippen LogP contribution >= 0.6 is 23.7 Å². The van der Waals surface area contributed by atoms with Gasteiger partial charge in [0.05, 0.1) is 0 Å². The van der Waals surface area contributed by atoms with Crippen LogP contribution in [0.5, 0.6) is 0 Å². The highest BCUT2D eigenvalue weighted by Gasteiger charge is 2.12. The molecule has 0 fully saturated rings. The van der Waals surface area contributed by atoms with Crippen molar-refractivity contribution in [1.82, 2.24) is 15.6 Å². The number of nitrogens with zero attached hydrogens (tertiary/aromatic N) is 1. The van der Waals surface area contributed by atoms with Crippen LogP contribution in [-0.2, 0) is 0 Å². The van der Waals surface area contributed by atoms with Crippen molar-refractivity contribution in [2.45, 2.75) is 27.2 Å². The van der Waals surface area contributed by atoms with Gasteiger partial charge in [-0.2, -0.15) is 0 Å². The Hall–Kier alpha value is -1.43. The van der Waals surface area contributed by atoms with Gasteiger partial charge in [0.2, 0.25) is 0 Å². The summed E-state index contributed by atoms with van der Waals surface area (Å²) in [6, 6.07) is 6.28. The summed E-state index contributed by atoms with van der Waals surface area (Å²) in [7, 11) is 0. The van der Waals surface area contributed by atoms with Gasteiger partial charge in [0.15, 0.2) is 0 Å².